The fourth-order valence-electron chi connectivity index (χ4n) is 1.55. The monoisotopic (exact) mass is 207 g/mol. The highest BCUT2D eigenvalue weighted by Crippen LogP contribution is 2.18. The Morgan fingerprint density at radius 1 is 1.64 bits per heavy atom. The van der Waals surface area contributed by atoms with E-state index in [2.05, 4.69) is 28.4 Å². The zero-order valence-electron chi connectivity index (χ0n) is 8.32. The minimum absolute atomic E-state index is 0.395. The van der Waals surface area contributed by atoms with Crippen LogP contribution < -0.4 is 0 Å². The molecule has 0 radical (unpaired) electrons. The van der Waals surface area contributed by atoms with Crippen molar-refractivity contribution in [3.63, 3.8) is 0 Å². The molecule has 0 amide bonds. The molecule has 1 unspecified atom stereocenters. The lowest BCUT2D eigenvalue weighted by atomic mass is 10.2. The van der Waals surface area contributed by atoms with Crippen molar-refractivity contribution in [1.82, 2.24) is 14.5 Å². The van der Waals surface area contributed by atoms with Gasteiger partial charge in [0.25, 0.3) is 0 Å². The zero-order valence-corrected chi connectivity index (χ0v) is 9.14. The lowest BCUT2D eigenvalue weighted by Crippen LogP contribution is -2.04. The van der Waals surface area contributed by atoms with Gasteiger partial charge in [-0.2, -0.15) is 0 Å². The second kappa shape index (κ2) is 3.53. The number of pyridine rings is 1. The Labute approximate surface area is 87.8 Å². The van der Waals surface area contributed by atoms with E-state index < -0.39 is 0 Å². The van der Waals surface area contributed by atoms with Gasteiger partial charge >= 0.3 is 0 Å². The second-order valence-electron chi connectivity index (χ2n) is 3.43. The van der Waals surface area contributed by atoms with Crippen molar-refractivity contribution in [2.75, 3.05) is 0 Å². The molecule has 1 N–H and O–H groups in total. The molecule has 4 heteroatoms. The van der Waals surface area contributed by atoms with Crippen molar-refractivity contribution >= 4 is 23.4 Å². The molecule has 0 aliphatic rings. The van der Waals surface area contributed by atoms with Crippen LogP contribution in [0.2, 0.25) is 0 Å². The molecule has 2 aromatic heterocycles. The van der Waals surface area contributed by atoms with E-state index in [0.717, 1.165) is 22.4 Å². The van der Waals surface area contributed by atoms with Gasteiger partial charge < -0.3 is 4.98 Å². The van der Waals surface area contributed by atoms with Crippen molar-refractivity contribution in [1.29, 1.82) is 0 Å². The van der Waals surface area contributed by atoms with Gasteiger partial charge in [-0.3, -0.25) is 4.57 Å². The summed E-state index contributed by atoms with van der Waals surface area (Å²) < 4.78 is 2.83. The number of imidazole rings is 1. The number of nitrogens with zero attached hydrogens (tertiary/aromatic N) is 2. The standard InChI is InChI=1S/C10H13N3S/c1-3-7(2)13-9-8(12-10(13)14)5-4-6-11-9/h4-7H,3H2,1-2H3,(H,12,14). The third-order valence-corrected chi connectivity index (χ3v) is 2.81. The van der Waals surface area contributed by atoms with Gasteiger partial charge in [0.1, 0.15) is 0 Å². The van der Waals surface area contributed by atoms with E-state index in [4.69, 9.17) is 12.2 Å². The molecule has 0 aromatic carbocycles. The maximum Gasteiger partial charge on any atom is 0.179 e. The molecule has 3 nitrogen and oxygen atoms in total. The van der Waals surface area contributed by atoms with Crippen molar-refractivity contribution in [3.8, 4) is 0 Å². The summed E-state index contributed by atoms with van der Waals surface area (Å²) in [6, 6.07) is 4.30. The fraction of sp³-hybridized carbons (Fsp3) is 0.400. The molecular formula is C10H13N3S. The first-order valence-electron chi connectivity index (χ1n) is 4.79. The number of aromatic nitrogens is 3. The summed E-state index contributed by atoms with van der Waals surface area (Å²) in [5.41, 5.74) is 1.96. The SMILES string of the molecule is CCC(C)n1c(=S)[nH]c2cccnc21. The molecular weight excluding hydrogens is 194 g/mol. The van der Waals surface area contributed by atoms with Crippen LogP contribution in [-0.2, 0) is 0 Å². The third-order valence-electron chi connectivity index (χ3n) is 2.51. The number of hydrogen-bond donors (Lipinski definition) is 1. The zero-order chi connectivity index (χ0) is 10.1. The lowest BCUT2D eigenvalue weighted by Gasteiger charge is -2.10. The molecule has 0 fully saturated rings. The minimum atomic E-state index is 0.395. The number of H-pyrrole nitrogens is 1. The van der Waals surface area contributed by atoms with Gasteiger partial charge in [0, 0.05) is 12.2 Å². The molecule has 0 saturated heterocycles. The van der Waals surface area contributed by atoms with E-state index in [-0.39, 0.29) is 0 Å². The highest BCUT2D eigenvalue weighted by atomic mass is 32.1. The Bertz CT molecular complexity index is 497. The molecule has 2 heterocycles. The average Bonchev–Trinajstić information content (AvgIpc) is 2.53. The van der Waals surface area contributed by atoms with Crippen LogP contribution in [-0.4, -0.2) is 14.5 Å². The Morgan fingerprint density at radius 2 is 2.43 bits per heavy atom. The number of aromatic amines is 1. The van der Waals surface area contributed by atoms with E-state index in [1.165, 1.54) is 0 Å². The Hall–Kier alpha value is -1.16. The van der Waals surface area contributed by atoms with Crippen LogP contribution in [0.15, 0.2) is 18.3 Å². The molecule has 14 heavy (non-hydrogen) atoms. The van der Waals surface area contributed by atoms with Crippen molar-refractivity contribution in [3.05, 3.63) is 23.1 Å². The average molecular weight is 207 g/mol. The maximum absolute atomic E-state index is 5.26. The van der Waals surface area contributed by atoms with Crippen LogP contribution in [0.25, 0.3) is 11.2 Å². The van der Waals surface area contributed by atoms with Crippen molar-refractivity contribution in [2.24, 2.45) is 0 Å². The topological polar surface area (TPSA) is 33.6 Å². The van der Waals surface area contributed by atoms with Crippen LogP contribution in [0.5, 0.6) is 0 Å². The predicted octanol–water partition coefficient (Wildman–Crippen LogP) is 3.06. The number of nitrogens with one attached hydrogen (secondary N) is 1. The summed E-state index contributed by atoms with van der Waals surface area (Å²) in [4.78, 5) is 7.49. The van der Waals surface area contributed by atoms with E-state index in [0.29, 0.717) is 6.04 Å². The predicted molar refractivity (Wildman–Crippen MR) is 59.9 cm³/mol. The smallest absolute Gasteiger partial charge is 0.179 e. The summed E-state index contributed by atoms with van der Waals surface area (Å²) >= 11 is 5.26. The number of fused-ring (bicyclic) bond motifs is 1. The second-order valence-corrected chi connectivity index (χ2v) is 3.82. The maximum atomic E-state index is 5.26. The first-order valence-corrected chi connectivity index (χ1v) is 5.20. The minimum Gasteiger partial charge on any atom is -0.329 e. The highest BCUT2D eigenvalue weighted by Gasteiger charge is 2.09. The van der Waals surface area contributed by atoms with E-state index >= 15 is 0 Å². The molecule has 1 atom stereocenters. The van der Waals surface area contributed by atoms with Gasteiger partial charge in [0.15, 0.2) is 10.4 Å². The third kappa shape index (κ3) is 1.35. The summed E-state index contributed by atoms with van der Waals surface area (Å²) in [5.74, 6) is 0. The van der Waals surface area contributed by atoms with Gasteiger partial charge in [0.2, 0.25) is 0 Å². The quantitative estimate of drug-likeness (QED) is 0.768. The Balaban J connectivity index is 2.74. The van der Waals surface area contributed by atoms with Crippen LogP contribution in [0.3, 0.4) is 0 Å². The van der Waals surface area contributed by atoms with Crippen LogP contribution in [0.1, 0.15) is 26.3 Å². The first-order chi connectivity index (χ1) is 6.74. The van der Waals surface area contributed by atoms with Crippen LogP contribution >= 0.6 is 12.2 Å². The number of hydrogen-bond acceptors (Lipinski definition) is 2. The summed E-state index contributed by atoms with van der Waals surface area (Å²) in [6.45, 7) is 4.30. The first kappa shape index (κ1) is 9.40. The molecule has 0 aliphatic heterocycles. The molecule has 0 bridgehead atoms. The Morgan fingerprint density at radius 3 is 3.14 bits per heavy atom. The van der Waals surface area contributed by atoms with Crippen molar-refractivity contribution < 1.29 is 0 Å². The molecule has 2 rings (SSSR count). The molecule has 0 spiro atoms. The highest BCUT2D eigenvalue weighted by molar-refractivity contribution is 7.71. The largest absolute Gasteiger partial charge is 0.329 e. The number of rotatable bonds is 2. The van der Waals surface area contributed by atoms with E-state index in [1.807, 2.05) is 12.1 Å². The molecule has 0 saturated carbocycles. The normalized spacial score (nSPS) is 13.3. The Kier molecular flexibility index (Phi) is 2.37. The fourth-order valence-corrected chi connectivity index (χ4v) is 1.93. The van der Waals surface area contributed by atoms with E-state index in [1.54, 1.807) is 6.20 Å². The van der Waals surface area contributed by atoms with E-state index in [9.17, 15) is 0 Å². The van der Waals surface area contributed by atoms with Gasteiger partial charge in [0.05, 0.1) is 5.52 Å². The summed E-state index contributed by atoms with van der Waals surface area (Å²) in [6.07, 6.45) is 2.85. The van der Waals surface area contributed by atoms with Crippen molar-refractivity contribution in [2.45, 2.75) is 26.3 Å². The molecule has 0 aliphatic carbocycles. The lowest BCUT2D eigenvalue weighted by molar-refractivity contribution is 0.535. The van der Waals surface area contributed by atoms with Gasteiger partial charge in [-0.05, 0) is 37.7 Å². The summed E-state index contributed by atoms with van der Waals surface area (Å²) in [5, 5.41) is 0. The van der Waals surface area contributed by atoms with Gasteiger partial charge in [-0.25, -0.2) is 4.98 Å². The summed E-state index contributed by atoms with van der Waals surface area (Å²) in [7, 11) is 0. The molecule has 74 valence electrons. The molecule has 2 aromatic rings. The van der Waals surface area contributed by atoms with Crippen LogP contribution in [0.4, 0.5) is 0 Å². The van der Waals surface area contributed by atoms with Gasteiger partial charge in [-0.1, -0.05) is 6.92 Å². The van der Waals surface area contributed by atoms with Crippen LogP contribution in [0, 0.1) is 4.77 Å². The van der Waals surface area contributed by atoms with Gasteiger partial charge in [-0.15, -0.1) is 0 Å².